The fourth-order valence-electron chi connectivity index (χ4n) is 4.27. The van der Waals surface area contributed by atoms with Crippen LogP contribution in [0.5, 0.6) is 0 Å². The minimum Gasteiger partial charge on any atom is -0.319 e. The van der Waals surface area contributed by atoms with Gasteiger partial charge in [-0.25, -0.2) is 9.69 Å². The number of hydrogen-bond donors (Lipinski definition) is 2. The van der Waals surface area contributed by atoms with Crippen LogP contribution in [0.3, 0.4) is 0 Å². The lowest BCUT2D eigenvalue weighted by Crippen LogP contribution is -3.09. The molecular formula is C26H28N3O2+. The number of urea groups is 1. The van der Waals surface area contributed by atoms with Gasteiger partial charge in [0.05, 0.1) is 7.05 Å². The second-order valence-corrected chi connectivity index (χ2v) is 8.32. The van der Waals surface area contributed by atoms with E-state index < -0.39 is 5.54 Å². The summed E-state index contributed by atoms with van der Waals surface area (Å²) in [5.41, 5.74) is 3.13. The number of carbonyl (C=O) groups excluding carboxylic acids is 2. The van der Waals surface area contributed by atoms with Gasteiger partial charge in [-0.2, -0.15) is 0 Å². The summed E-state index contributed by atoms with van der Waals surface area (Å²) in [6.07, 6.45) is 0.412. The molecule has 31 heavy (non-hydrogen) atoms. The molecule has 0 spiro atoms. The number of rotatable bonds is 7. The van der Waals surface area contributed by atoms with Gasteiger partial charge in [-0.1, -0.05) is 84.9 Å². The van der Waals surface area contributed by atoms with Crippen LogP contribution in [0.15, 0.2) is 84.9 Å². The van der Waals surface area contributed by atoms with Crippen LogP contribution in [0.25, 0.3) is 0 Å². The summed E-state index contributed by atoms with van der Waals surface area (Å²) in [5, 5.41) is 3.04. The summed E-state index contributed by atoms with van der Waals surface area (Å²) in [5.74, 6) is -0.198. The summed E-state index contributed by atoms with van der Waals surface area (Å²) in [6, 6.07) is 27.2. The van der Waals surface area contributed by atoms with Crippen molar-refractivity contribution in [2.24, 2.45) is 0 Å². The first-order valence-corrected chi connectivity index (χ1v) is 10.6. The normalized spacial score (nSPS) is 19.4. The number of amides is 3. The molecule has 1 aliphatic heterocycles. The molecule has 0 saturated carbocycles. The Balaban J connectivity index is 1.60. The molecule has 1 saturated heterocycles. The monoisotopic (exact) mass is 414 g/mol. The maximum Gasteiger partial charge on any atom is 0.329 e. The first kappa shape index (κ1) is 20.8. The number of nitrogens with one attached hydrogen (secondary N) is 2. The predicted molar refractivity (Wildman–Crippen MR) is 120 cm³/mol. The third kappa shape index (κ3) is 4.23. The number of imide groups is 1. The summed E-state index contributed by atoms with van der Waals surface area (Å²) in [7, 11) is 2.01. The maximum absolute atomic E-state index is 13.7. The zero-order valence-electron chi connectivity index (χ0n) is 18.0. The zero-order valence-corrected chi connectivity index (χ0v) is 18.0. The molecule has 0 bridgehead atoms. The Bertz CT molecular complexity index is 1070. The Kier molecular flexibility index (Phi) is 5.87. The van der Waals surface area contributed by atoms with Gasteiger partial charge in [0.15, 0.2) is 12.2 Å². The van der Waals surface area contributed by atoms with Gasteiger partial charge in [-0.15, -0.1) is 0 Å². The molecule has 1 heterocycles. The molecule has 1 unspecified atom stereocenters. The Labute approximate surface area is 183 Å². The predicted octanol–water partition coefficient (Wildman–Crippen LogP) is 2.66. The van der Waals surface area contributed by atoms with Crippen LogP contribution in [0.4, 0.5) is 4.79 Å². The highest BCUT2D eigenvalue weighted by molar-refractivity contribution is 6.07. The van der Waals surface area contributed by atoms with E-state index >= 15 is 0 Å². The van der Waals surface area contributed by atoms with E-state index in [9.17, 15) is 9.59 Å². The van der Waals surface area contributed by atoms with E-state index in [1.54, 1.807) is 0 Å². The minimum absolute atomic E-state index is 0.198. The topological polar surface area (TPSA) is 53.9 Å². The van der Waals surface area contributed by atoms with E-state index in [0.29, 0.717) is 13.1 Å². The van der Waals surface area contributed by atoms with Gasteiger partial charge < -0.3 is 10.2 Å². The second-order valence-electron chi connectivity index (χ2n) is 8.32. The smallest absolute Gasteiger partial charge is 0.319 e. The molecule has 3 amide bonds. The highest BCUT2D eigenvalue weighted by Gasteiger charge is 2.53. The molecule has 0 radical (unpaired) electrons. The van der Waals surface area contributed by atoms with Crippen molar-refractivity contribution in [1.29, 1.82) is 0 Å². The summed E-state index contributed by atoms with van der Waals surface area (Å²) in [6.45, 7) is 3.12. The van der Waals surface area contributed by atoms with Crippen molar-refractivity contribution in [3.8, 4) is 0 Å². The average molecular weight is 415 g/mol. The van der Waals surface area contributed by atoms with E-state index in [-0.39, 0.29) is 11.9 Å². The molecule has 2 atom stereocenters. The molecule has 5 nitrogen and oxygen atoms in total. The molecule has 1 aliphatic rings. The van der Waals surface area contributed by atoms with Crippen LogP contribution in [0, 0.1) is 6.92 Å². The van der Waals surface area contributed by atoms with E-state index in [1.165, 1.54) is 16.0 Å². The number of quaternary nitrogens is 1. The summed E-state index contributed by atoms with van der Waals surface area (Å²) in [4.78, 5) is 29.2. The number of benzene rings is 3. The third-order valence-electron chi connectivity index (χ3n) is 5.94. The second kappa shape index (κ2) is 8.74. The molecular weight excluding hydrogens is 386 g/mol. The van der Waals surface area contributed by atoms with Crippen molar-refractivity contribution in [3.05, 3.63) is 107 Å². The van der Waals surface area contributed by atoms with Gasteiger partial charge in [0.2, 0.25) is 0 Å². The van der Waals surface area contributed by atoms with Gasteiger partial charge in [-0.3, -0.25) is 4.79 Å². The quantitative estimate of drug-likeness (QED) is 0.584. The number of nitrogens with zero attached hydrogens (tertiary/aromatic N) is 1. The van der Waals surface area contributed by atoms with Crippen LogP contribution < -0.4 is 10.2 Å². The van der Waals surface area contributed by atoms with Crippen LogP contribution in [-0.4, -0.2) is 30.6 Å². The van der Waals surface area contributed by atoms with E-state index in [2.05, 4.69) is 24.4 Å². The van der Waals surface area contributed by atoms with Crippen molar-refractivity contribution in [3.63, 3.8) is 0 Å². The van der Waals surface area contributed by atoms with Gasteiger partial charge in [0.25, 0.3) is 5.91 Å². The van der Waals surface area contributed by atoms with Gasteiger partial charge in [0.1, 0.15) is 6.54 Å². The van der Waals surface area contributed by atoms with Crippen molar-refractivity contribution in [2.45, 2.75) is 25.4 Å². The van der Waals surface area contributed by atoms with Crippen molar-refractivity contribution >= 4 is 11.9 Å². The van der Waals surface area contributed by atoms with Crippen LogP contribution in [0.1, 0.15) is 22.3 Å². The Morgan fingerprint density at radius 3 is 2.16 bits per heavy atom. The number of hydrogen-bond acceptors (Lipinski definition) is 2. The minimum atomic E-state index is -1.09. The molecule has 3 aromatic carbocycles. The molecule has 158 valence electrons. The molecule has 1 fully saturated rings. The lowest BCUT2D eigenvalue weighted by molar-refractivity contribution is -0.901. The molecule has 3 aromatic rings. The maximum atomic E-state index is 13.7. The third-order valence-corrected chi connectivity index (χ3v) is 5.94. The first-order chi connectivity index (χ1) is 15.0. The Morgan fingerprint density at radius 2 is 1.48 bits per heavy atom. The largest absolute Gasteiger partial charge is 0.329 e. The van der Waals surface area contributed by atoms with Gasteiger partial charge >= 0.3 is 6.03 Å². The molecule has 2 N–H and O–H groups in total. The highest BCUT2D eigenvalue weighted by Crippen LogP contribution is 2.32. The van der Waals surface area contributed by atoms with Crippen LogP contribution >= 0.6 is 0 Å². The lowest BCUT2D eigenvalue weighted by atomic mass is 9.83. The fraction of sp³-hybridized carbons (Fsp3) is 0.231. The summed E-state index contributed by atoms with van der Waals surface area (Å²) < 4.78 is 0. The molecule has 4 rings (SSSR count). The number of carbonyl (C=O) groups is 2. The lowest BCUT2D eigenvalue weighted by Gasteiger charge is -2.28. The molecule has 0 aromatic heterocycles. The van der Waals surface area contributed by atoms with E-state index in [4.69, 9.17) is 0 Å². The zero-order chi connectivity index (χ0) is 21.8. The molecule has 0 aliphatic carbocycles. The Hall–Kier alpha value is -3.44. The SMILES string of the molecule is Cc1ccccc1C[NH+](C)CN1C(=O)N[C@](Cc2ccccc2)(c2ccccc2)C1=O. The van der Waals surface area contributed by atoms with Crippen molar-refractivity contribution in [2.75, 3.05) is 13.7 Å². The van der Waals surface area contributed by atoms with Crippen molar-refractivity contribution < 1.29 is 14.5 Å². The Morgan fingerprint density at radius 1 is 0.871 bits per heavy atom. The average Bonchev–Trinajstić information content (AvgIpc) is 3.01. The fourth-order valence-corrected chi connectivity index (χ4v) is 4.27. The van der Waals surface area contributed by atoms with Gasteiger partial charge in [0, 0.05) is 12.0 Å². The summed E-state index contributed by atoms with van der Waals surface area (Å²) >= 11 is 0. The molecule has 5 heteroatoms. The van der Waals surface area contributed by atoms with Gasteiger partial charge in [-0.05, 0) is 23.6 Å². The van der Waals surface area contributed by atoms with Crippen LogP contribution in [0.2, 0.25) is 0 Å². The van der Waals surface area contributed by atoms with E-state index in [1.807, 2.05) is 79.8 Å². The van der Waals surface area contributed by atoms with Crippen molar-refractivity contribution in [1.82, 2.24) is 10.2 Å². The van der Waals surface area contributed by atoms with Crippen LogP contribution in [-0.2, 0) is 23.3 Å². The van der Waals surface area contributed by atoms with E-state index in [0.717, 1.165) is 22.6 Å². The number of aryl methyl sites for hydroxylation is 1. The standard InChI is InChI=1S/C26H27N3O2/c1-20-11-9-10-14-22(20)18-28(2)19-29-24(30)26(27-25(29)31,23-15-7-4-8-16-23)17-21-12-5-3-6-13-21/h3-16H,17-19H2,1-2H3,(H,27,31)/p+1/t26-/m1/s1. The first-order valence-electron chi connectivity index (χ1n) is 10.6. The highest BCUT2D eigenvalue weighted by atomic mass is 16.2.